The highest BCUT2D eigenvalue weighted by Crippen LogP contribution is 2.33. The topological polar surface area (TPSA) is 38.8 Å². The minimum atomic E-state index is -0.984. The number of benzene rings is 2. The molecule has 0 unspecified atom stereocenters. The van der Waals surface area contributed by atoms with Crippen LogP contribution in [0, 0.1) is 0 Å². The van der Waals surface area contributed by atoms with E-state index in [9.17, 15) is 4.79 Å². The Bertz CT molecular complexity index is 771. The number of carbonyl (C=O) groups excluding carboxylic acids is 1. The van der Waals surface area contributed by atoms with E-state index in [2.05, 4.69) is 0 Å². The Morgan fingerprint density at radius 2 is 1.80 bits per heavy atom. The smallest absolute Gasteiger partial charge is 0.270 e. The standard InChI is InChI=1S/C20H22ClNO3/c1-20(2,25-16-8-6-15(21)7-9-16)19(23)22-12-4-5-14-13-17(24-3)10-11-18(14)22/h6-11,13H,4-5,12H2,1-3H3. The summed E-state index contributed by atoms with van der Waals surface area (Å²) in [5, 5.41) is 0.635. The summed E-state index contributed by atoms with van der Waals surface area (Å²) in [4.78, 5) is 15.0. The fourth-order valence-corrected chi connectivity index (χ4v) is 3.20. The fourth-order valence-electron chi connectivity index (χ4n) is 3.08. The first-order valence-corrected chi connectivity index (χ1v) is 8.72. The number of carbonyl (C=O) groups is 1. The summed E-state index contributed by atoms with van der Waals surface area (Å²) >= 11 is 5.91. The molecule has 4 nitrogen and oxygen atoms in total. The lowest BCUT2D eigenvalue weighted by Crippen LogP contribution is -2.50. The number of hydrogen-bond donors (Lipinski definition) is 0. The van der Waals surface area contributed by atoms with Gasteiger partial charge in [-0.15, -0.1) is 0 Å². The molecule has 0 spiro atoms. The van der Waals surface area contributed by atoms with Crippen molar-refractivity contribution in [1.82, 2.24) is 0 Å². The van der Waals surface area contributed by atoms with Gasteiger partial charge in [-0.1, -0.05) is 11.6 Å². The van der Waals surface area contributed by atoms with E-state index in [1.54, 1.807) is 45.2 Å². The van der Waals surface area contributed by atoms with E-state index in [4.69, 9.17) is 21.1 Å². The monoisotopic (exact) mass is 359 g/mol. The van der Waals surface area contributed by atoms with Crippen LogP contribution in [0.4, 0.5) is 5.69 Å². The SMILES string of the molecule is COc1ccc2c(c1)CCCN2C(=O)C(C)(C)Oc1ccc(Cl)cc1. The molecule has 2 aromatic rings. The molecule has 0 N–H and O–H groups in total. The fraction of sp³-hybridized carbons (Fsp3) is 0.350. The second-order valence-corrected chi connectivity index (χ2v) is 7.06. The average molecular weight is 360 g/mol. The summed E-state index contributed by atoms with van der Waals surface area (Å²) in [5.41, 5.74) is 1.08. The maximum atomic E-state index is 13.2. The summed E-state index contributed by atoms with van der Waals surface area (Å²) in [7, 11) is 1.65. The van der Waals surface area contributed by atoms with E-state index in [1.807, 2.05) is 23.1 Å². The predicted octanol–water partition coefficient (Wildman–Crippen LogP) is 4.49. The number of hydrogen-bond acceptors (Lipinski definition) is 3. The minimum Gasteiger partial charge on any atom is -0.497 e. The Morgan fingerprint density at radius 1 is 1.12 bits per heavy atom. The summed E-state index contributed by atoms with van der Waals surface area (Å²) in [6, 6.07) is 12.9. The largest absolute Gasteiger partial charge is 0.497 e. The van der Waals surface area contributed by atoms with Crippen LogP contribution < -0.4 is 14.4 Å². The van der Waals surface area contributed by atoms with Gasteiger partial charge in [-0.25, -0.2) is 0 Å². The first kappa shape index (κ1) is 17.6. The molecule has 25 heavy (non-hydrogen) atoms. The Balaban J connectivity index is 1.84. The molecule has 1 heterocycles. The van der Waals surface area contributed by atoms with Crippen LogP contribution in [0.15, 0.2) is 42.5 Å². The zero-order valence-electron chi connectivity index (χ0n) is 14.7. The molecule has 0 bridgehead atoms. The van der Waals surface area contributed by atoms with Crippen molar-refractivity contribution in [2.24, 2.45) is 0 Å². The van der Waals surface area contributed by atoms with E-state index in [1.165, 1.54) is 0 Å². The average Bonchev–Trinajstić information content (AvgIpc) is 2.61. The van der Waals surface area contributed by atoms with Crippen LogP contribution in [0.1, 0.15) is 25.8 Å². The molecular formula is C20H22ClNO3. The lowest BCUT2D eigenvalue weighted by molar-refractivity contribution is -0.131. The highest BCUT2D eigenvalue weighted by Gasteiger charge is 2.36. The van der Waals surface area contributed by atoms with Gasteiger partial charge in [0.2, 0.25) is 0 Å². The Hall–Kier alpha value is -2.20. The number of ether oxygens (including phenoxy) is 2. The summed E-state index contributed by atoms with van der Waals surface area (Å²) < 4.78 is 11.3. The van der Waals surface area contributed by atoms with Gasteiger partial charge in [-0.05, 0) is 74.7 Å². The zero-order chi connectivity index (χ0) is 18.0. The first-order chi connectivity index (χ1) is 11.9. The summed E-state index contributed by atoms with van der Waals surface area (Å²) in [6.45, 7) is 4.27. The van der Waals surface area contributed by atoms with Gasteiger partial charge in [0.1, 0.15) is 11.5 Å². The molecule has 5 heteroatoms. The highest BCUT2D eigenvalue weighted by molar-refractivity contribution is 6.30. The zero-order valence-corrected chi connectivity index (χ0v) is 15.5. The maximum absolute atomic E-state index is 13.2. The number of methoxy groups -OCH3 is 1. The van der Waals surface area contributed by atoms with Gasteiger partial charge in [0.25, 0.3) is 5.91 Å². The van der Waals surface area contributed by atoms with Gasteiger partial charge in [0.05, 0.1) is 7.11 Å². The van der Waals surface area contributed by atoms with Crippen molar-refractivity contribution >= 4 is 23.2 Å². The first-order valence-electron chi connectivity index (χ1n) is 8.34. The van der Waals surface area contributed by atoms with Gasteiger partial charge in [0, 0.05) is 17.3 Å². The van der Waals surface area contributed by atoms with Crippen LogP contribution in [0.5, 0.6) is 11.5 Å². The van der Waals surface area contributed by atoms with Gasteiger partial charge in [0.15, 0.2) is 5.60 Å². The van der Waals surface area contributed by atoms with Crippen LogP contribution in [0.25, 0.3) is 0 Å². The van der Waals surface area contributed by atoms with Gasteiger partial charge >= 0.3 is 0 Å². The predicted molar refractivity (Wildman–Crippen MR) is 99.8 cm³/mol. The third kappa shape index (κ3) is 3.74. The molecule has 1 amide bonds. The molecule has 132 valence electrons. The molecule has 0 fully saturated rings. The van der Waals surface area contributed by atoms with E-state index in [0.717, 1.165) is 29.8 Å². The third-order valence-electron chi connectivity index (χ3n) is 4.35. The van der Waals surface area contributed by atoms with Gasteiger partial charge < -0.3 is 14.4 Å². The molecule has 0 saturated heterocycles. The van der Waals surface area contributed by atoms with Crippen molar-refractivity contribution in [2.75, 3.05) is 18.6 Å². The Labute approximate surface area is 153 Å². The van der Waals surface area contributed by atoms with Crippen LogP contribution in [0.3, 0.4) is 0 Å². The number of rotatable bonds is 4. The van der Waals surface area contributed by atoms with E-state index < -0.39 is 5.60 Å². The number of amides is 1. The van der Waals surface area contributed by atoms with Crippen LogP contribution >= 0.6 is 11.6 Å². The number of aryl methyl sites for hydroxylation is 1. The number of halogens is 1. The van der Waals surface area contributed by atoms with E-state index >= 15 is 0 Å². The molecule has 0 atom stereocenters. The van der Waals surface area contributed by atoms with Crippen molar-refractivity contribution in [3.63, 3.8) is 0 Å². The third-order valence-corrected chi connectivity index (χ3v) is 4.60. The lowest BCUT2D eigenvalue weighted by Gasteiger charge is -2.36. The Kier molecular flexibility index (Phi) is 4.91. The van der Waals surface area contributed by atoms with Crippen molar-refractivity contribution in [2.45, 2.75) is 32.3 Å². The molecule has 0 aromatic heterocycles. The molecular weight excluding hydrogens is 338 g/mol. The van der Waals surface area contributed by atoms with Crippen molar-refractivity contribution in [3.05, 3.63) is 53.1 Å². The van der Waals surface area contributed by atoms with Crippen LogP contribution in [0.2, 0.25) is 5.02 Å². The molecule has 0 radical (unpaired) electrons. The molecule has 2 aromatic carbocycles. The normalized spacial score (nSPS) is 14.0. The molecule has 0 aliphatic carbocycles. The van der Waals surface area contributed by atoms with Crippen LogP contribution in [-0.2, 0) is 11.2 Å². The molecule has 3 rings (SSSR count). The van der Waals surface area contributed by atoms with Crippen molar-refractivity contribution < 1.29 is 14.3 Å². The van der Waals surface area contributed by atoms with E-state index in [0.29, 0.717) is 17.3 Å². The highest BCUT2D eigenvalue weighted by atomic mass is 35.5. The molecule has 0 saturated carbocycles. The van der Waals surface area contributed by atoms with Crippen LogP contribution in [-0.4, -0.2) is 25.2 Å². The maximum Gasteiger partial charge on any atom is 0.270 e. The Morgan fingerprint density at radius 3 is 2.48 bits per heavy atom. The molecule has 1 aliphatic heterocycles. The second kappa shape index (κ2) is 6.96. The number of fused-ring (bicyclic) bond motifs is 1. The molecule has 1 aliphatic rings. The van der Waals surface area contributed by atoms with Crippen molar-refractivity contribution in [3.8, 4) is 11.5 Å². The van der Waals surface area contributed by atoms with E-state index in [-0.39, 0.29) is 5.91 Å². The summed E-state index contributed by atoms with van der Waals surface area (Å²) in [5.74, 6) is 1.37. The lowest BCUT2D eigenvalue weighted by atomic mass is 9.98. The van der Waals surface area contributed by atoms with Crippen molar-refractivity contribution in [1.29, 1.82) is 0 Å². The number of nitrogens with zero attached hydrogens (tertiary/aromatic N) is 1. The van der Waals surface area contributed by atoms with Gasteiger partial charge in [-0.2, -0.15) is 0 Å². The number of anilines is 1. The quantitative estimate of drug-likeness (QED) is 0.807. The summed E-state index contributed by atoms with van der Waals surface area (Å²) in [6.07, 6.45) is 1.86. The second-order valence-electron chi connectivity index (χ2n) is 6.62. The van der Waals surface area contributed by atoms with Gasteiger partial charge in [-0.3, -0.25) is 4.79 Å². The minimum absolute atomic E-state index is 0.0615.